The number of carbonyl (C=O) groups is 2. The largest absolute Gasteiger partial charge is 0.448 e. The molecular formula is C10H11NO3S. The lowest BCUT2D eigenvalue weighted by Crippen LogP contribution is -2.30. The van der Waals surface area contributed by atoms with E-state index in [0.717, 1.165) is 4.88 Å². The molecule has 1 fully saturated rings. The lowest BCUT2D eigenvalue weighted by atomic mass is 10.3. The van der Waals surface area contributed by atoms with Gasteiger partial charge >= 0.3 is 6.09 Å². The Morgan fingerprint density at radius 1 is 1.60 bits per heavy atom. The number of carbonyl (C=O) groups excluding carboxylic acids is 2. The summed E-state index contributed by atoms with van der Waals surface area (Å²) in [6.45, 7) is 2.97. The number of ether oxygens (including phenoxy) is 1. The molecule has 1 aromatic rings. The molecule has 80 valence electrons. The second-order valence-corrected chi connectivity index (χ2v) is 4.66. The quantitative estimate of drug-likeness (QED) is 0.735. The lowest BCUT2D eigenvalue weighted by molar-refractivity contribution is 0.0947. The predicted molar refractivity (Wildman–Crippen MR) is 56.3 cm³/mol. The zero-order valence-electron chi connectivity index (χ0n) is 8.36. The molecule has 0 radical (unpaired) electrons. The van der Waals surface area contributed by atoms with E-state index in [0.29, 0.717) is 18.0 Å². The summed E-state index contributed by atoms with van der Waals surface area (Å²) >= 11 is 1.45. The molecule has 1 aromatic heterocycles. The van der Waals surface area contributed by atoms with E-state index in [4.69, 9.17) is 4.74 Å². The maximum absolute atomic E-state index is 11.7. The molecule has 0 spiro atoms. The lowest BCUT2D eigenvalue weighted by Gasteiger charge is -2.09. The number of aryl methyl sites for hydroxylation is 1. The second-order valence-electron chi connectivity index (χ2n) is 3.37. The van der Waals surface area contributed by atoms with Gasteiger partial charge in [-0.3, -0.25) is 9.69 Å². The Morgan fingerprint density at radius 2 is 2.40 bits per heavy atom. The zero-order chi connectivity index (χ0) is 10.8. The van der Waals surface area contributed by atoms with Gasteiger partial charge in [-0.1, -0.05) is 0 Å². The molecule has 0 aliphatic carbocycles. The van der Waals surface area contributed by atoms with Crippen molar-refractivity contribution in [2.45, 2.75) is 6.92 Å². The molecule has 15 heavy (non-hydrogen) atoms. The van der Waals surface area contributed by atoms with Crippen LogP contribution in [-0.2, 0) is 4.74 Å². The second kappa shape index (κ2) is 4.02. The van der Waals surface area contributed by atoms with Gasteiger partial charge in [-0.25, -0.2) is 4.79 Å². The summed E-state index contributed by atoms with van der Waals surface area (Å²) < 4.78 is 4.75. The van der Waals surface area contributed by atoms with Crippen LogP contribution in [0.4, 0.5) is 4.79 Å². The van der Waals surface area contributed by atoms with Crippen molar-refractivity contribution in [3.63, 3.8) is 0 Å². The summed E-state index contributed by atoms with van der Waals surface area (Å²) in [5.74, 6) is -0.0213. The fourth-order valence-corrected chi connectivity index (χ4v) is 2.20. The van der Waals surface area contributed by atoms with Crippen molar-refractivity contribution in [3.8, 4) is 0 Å². The minimum absolute atomic E-state index is 0.0213. The maximum atomic E-state index is 11.7. The number of rotatable bonds is 3. The van der Waals surface area contributed by atoms with E-state index in [1.807, 2.05) is 13.0 Å². The SMILES string of the molecule is Cc1ccc(C(=O)CN2CCOC2=O)s1. The minimum Gasteiger partial charge on any atom is -0.448 e. The zero-order valence-corrected chi connectivity index (χ0v) is 9.17. The van der Waals surface area contributed by atoms with E-state index in [-0.39, 0.29) is 12.3 Å². The number of cyclic esters (lactones) is 1. The fourth-order valence-electron chi connectivity index (χ4n) is 1.40. The third kappa shape index (κ3) is 2.18. The normalized spacial score (nSPS) is 15.5. The smallest absolute Gasteiger partial charge is 0.410 e. The molecule has 1 amide bonds. The Morgan fingerprint density at radius 3 is 2.93 bits per heavy atom. The van der Waals surface area contributed by atoms with Crippen molar-refractivity contribution >= 4 is 23.2 Å². The number of ketones is 1. The van der Waals surface area contributed by atoms with Gasteiger partial charge in [-0.2, -0.15) is 0 Å². The highest BCUT2D eigenvalue weighted by atomic mass is 32.1. The summed E-state index contributed by atoms with van der Waals surface area (Å²) in [6, 6.07) is 3.70. The average molecular weight is 225 g/mol. The van der Waals surface area contributed by atoms with Crippen LogP contribution < -0.4 is 0 Å². The van der Waals surface area contributed by atoms with Crippen molar-refractivity contribution < 1.29 is 14.3 Å². The van der Waals surface area contributed by atoms with Gasteiger partial charge in [0.05, 0.1) is 18.0 Å². The average Bonchev–Trinajstić information content (AvgIpc) is 2.77. The van der Waals surface area contributed by atoms with Gasteiger partial charge < -0.3 is 4.74 Å². The highest BCUT2D eigenvalue weighted by Crippen LogP contribution is 2.16. The highest BCUT2D eigenvalue weighted by Gasteiger charge is 2.24. The fraction of sp³-hybridized carbons (Fsp3) is 0.400. The van der Waals surface area contributed by atoms with E-state index < -0.39 is 6.09 Å². The molecule has 0 atom stereocenters. The van der Waals surface area contributed by atoms with E-state index in [9.17, 15) is 9.59 Å². The maximum Gasteiger partial charge on any atom is 0.410 e. The molecular weight excluding hydrogens is 214 g/mol. The van der Waals surface area contributed by atoms with Crippen LogP contribution in [0.25, 0.3) is 0 Å². The monoisotopic (exact) mass is 225 g/mol. The third-order valence-corrected chi connectivity index (χ3v) is 3.24. The van der Waals surface area contributed by atoms with Gasteiger partial charge in [0, 0.05) is 4.88 Å². The van der Waals surface area contributed by atoms with Crippen molar-refractivity contribution in [1.82, 2.24) is 4.90 Å². The number of thiophene rings is 1. The molecule has 0 unspecified atom stereocenters. The van der Waals surface area contributed by atoms with Crippen LogP contribution >= 0.6 is 11.3 Å². The molecule has 1 saturated heterocycles. The molecule has 2 heterocycles. The van der Waals surface area contributed by atoms with Crippen LogP contribution in [0, 0.1) is 6.92 Å². The van der Waals surface area contributed by atoms with E-state index in [2.05, 4.69) is 0 Å². The Hall–Kier alpha value is -1.36. The van der Waals surface area contributed by atoms with Crippen LogP contribution in [0.2, 0.25) is 0 Å². The Bertz CT molecular complexity index is 399. The first-order chi connectivity index (χ1) is 7.16. The molecule has 0 aromatic carbocycles. The molecule has 1 aliphatic rings. The Balaban J connectivity index is 2.00. The number of hydrogen-bond donors (Lipinski definition) is 0. The predicted octanol–water partition coefficient (Wildman–Crippen LogP) is 1.69. The molecule has 4 nitrogen and oxygen atoms in total. The minimum atomic E-state index is -0.392. The van der Waals surface area contributed by atoms with Crippen LogP contribution in [0.1, 0.15) is 14.5 Å². The first-order valence-corrected chi connectivity index (χ1v) is 5.50. The van der Waals surface area contributed by atoms with Crippen LogP contribution in [0.15, 0.2) is 12.1 Å². The van der Waals surface area contributed by atoms with E-state index >= 15 is 0 Å². The summed E-state index contributed by atoms with van der Waals surface area (Å²) in [4.78, 5) is 26.1. The van der Waals surface area contributed by atoms with Crippen molar-refractivity contribution in [2.75, 3.05) is 19.7 Å². The number of nitrogens with zero attached hydrogens (tertiary/aromatic N) is 1. The topological polar surface area (TPSA) is 46.6 Å². The van der Waals surface area contributed by atoms with Crippen LogP contribution in [0.5, 0.6) is 0 Å². The number of hydrogen-bond acceptors (Lipinski definition) is 4. The molecule has 2 rings (SSSR count). The summed E-state index contributed by atoms with van der Waals surface area (Å²) in [6.07, 6.45) is -0.392. The van der Waals surface area contributed by atoms with E-state index in [1.165, 1.54) is 16.2 Å². The van der Waals surface area contributed by atoms with Gasteiger partial charge in [0.25, 0.3) is 0 Å². The number of Topliss-reactive ketones (excluding diaryl/α,β-unsaturated/α-hetero) is 1. The van der Waals surface area contributed by atoms with Gasteiger partial charge in [0.15, 0.2) is 5.78 Å². The van der Waals surface area contributed by atoms with Crippen LogP contribution in [0.3, 0.4) is 0 Å². The first-order valence-electron chi connectivity index (χ1n) is 4.68. The molecule has 5 heteroatoms. The molecule has 0 saturated carbocycles. The Labute approximate surface area is 91.5 Å². The number of amides is 1. The van der Waals surface area contributed by atoms with Crippen LogP contribution in [-0.4, -0.2) is 36.5 Å². The summed E-state index contributed by atoms with van der Waals surface area (Å²) in [7, 11) is 0. The standard InChI is InChI=1S/C10H11NO3S/c1-7-2-3-9(15-7)8(12)6-11-4-5-14-10(11)13/h2-3H,4-6H2,1H3. The highest BCUT2D eigenvalue weighted by molar-refractivity contribution is 7.14. The summed E-state index contributed by atoms with van der Waals surface area (Å²) in [5.41, 5.74) is 0. The van der Waals surface area contributed by atoms with Crippen molar-refractivity contribution in [1.29, 1.82) is 0 Å². The molecule has 1 aliphatic heterocycles. The first kappa shape index (κ1) is 10.2. The molecule has 0 N–H and O–H groups in total. The van der Waals surface area contributed by atoms with E-state index in [1.54, 1.807) is 6.07 Å². The van der Waals surface area contributed by atoms with Gasteiger partial charge in [-0.05, 0) is 19.1 Å². The van der Waals surface area contributed by atoms with Gasteiger partial charge in [0.2, 0.25) is 0 Å². The van der Waals surface area contributed by atoms with Gasteiger partial charge in [-0.15, -0.1) is 11.3 Å². The third-order valence-electron chi connectivity index (χ3n) is 2.19. The van der Waals surface area contributed by atoms with Crippen molar-refractivity contribution in [2.24, 2.45) is 0 Å². The molecule has 0 bridgehead atoms. The Kier molecular flexibility index (Phi) is 2.73. The summed E-state index contributed by atoms with van der Waals surface area (Å²) in [5, 5.41) is 0. The van der Waals surface area contributed by atoms with Crippen molar-refractivity contribution in [3.05, 3.63) is 21.9 Å². The van der Waals surface area contributed by atoms with Gasteiger partial charge in [0.1, 0.15) is 6.61 Å².